The molecule has 0 unspecified atom stereocenters. The maximum atomic E-state index is 5.80. The normalized spacial score (nSPS) is 22.1. The Balaban J connectivity index is 1.77. The fourth-order valence-electron chi connectivity index (χ4n) is 2.34. The number of ether oxygens (including phenoxy) is 1. The predicted octanol–water partition coefficient (Wildman–Crippen LogP) is 1.16. The summed E-state index contributed by atoms with van der Waals surface area (Å²) >= 11 is 0. The summed E-state index contributed by atoms with van der Waals surface area (Å²) in [6.45, 7) is 4.55. The van der Waals surface area contributed by atoms with E-state index in [-0.39, 0.29) is 12.1 Å². The van der Waals surface area contributed by atoms with Crippen molar-refractivity contribution in [3.05, 3.63) is 29.3 Å². The van der Waals surface area contributed by atoms with Crippen LogP contribution in [0.5, 0.6) is 0 Å². The van der Waals surface area contributed by atoms with Crippen LogP contribution in [0, 0.1) is 13.8 Å². The van der Waals surface area contributed by atoms with Crippen LogP contribution in [-0.4, -0.2) is 37.6 Å². The van der Waals surface area contributed by atoms with E-state index in [0.717, 1.165) is 30.0 Å². The third-order valence-electron chi connectivity index (χ3n) is 3.55. The minimum atomic E-state index is -0.0195. The molecule has 0 spiro atoms. The molecule has 1 N–H and O–H groups in total. The van der Waals surface area contributed by atoms with E-state index < -0.39 is 0 Å². The zero-order valence-electron chi connectivity index (χ0n) is 11.9. The highest BCUT2D eigenvalue weighted by Crippen LogP contribution is 2.30. The lowest BCUT2D eigenvalue weighted by Crippen LogP contribution is -2.24. The Kier molecular flexibility index (Phi) is 3.35. The molecule has 1 aliphatic heterocycles. The van der Waals surface area contributed by atoms with Gasteiger partial charge in [-0.1, -0.05) is 0 Å². The van der Waals surface area contributed by atoms with E-state index in [4.69, 9.17) is 4.74 Å². The van der Waals surface area contributed by atoms with Crippen LogP contribution in [0.15, 0.2) is 12.4 Å². The molecule has 1 aliphatic rings. The molecule has 7 heteroatoms. The van der Waals surface area contributed by atoms with Crippen molar-refractivity contribution in [2.75, 3.05) is 11.9 Å². The molecular weight excluding hydrogens is 256 g/mol. The largest absolute Gasteiger partial charge is 0.371 e. The SMILES string of the molecule is Cc1nnc(N[C@@H]2CCO[C@H]2c2cnn(C)c2)nc1C. The average Bonchev–Trinajstić information content (AvgIpc) is 3.03. The van der Waals surface area contributed by atoms with Crippen LogP contribution in [-0.2, 0) is 11.8 Å². The molecule has 3 heterocycles. The van der Waals surface area contributed by atoms with Gasteiger partial charge in [0.2, 0.25) is 5.95 Å². The van der Waals surface area contributed by atoms with E-state index >= 15 is 0 Å². The molecule has 1 saturated heterocycles. The van der Waals surface area contributed by atoms with Gasteiger partial charge in [0.15, 0.2) is 0 Å². The zero-order chi connectivity index (χ0) is 14.1. The average molecular weight is 274 g/mol. The van der Waals surface area contributed by atoms with Crippen molar-refractivity contribution in [1.29, 1.82) is 0 Å². The van der Waals surface area contributed by atoms with Crippen molar-refractivity contribution < 1.29 is 4.74 Å². The molecule has 20 heavy (non-hydrogen) atoms. The Labute approximate surface area is 117 Å². The van der Waals surface area contributed by atoms with Gasteiger partial charge >= 0.3 is 0 Å². The molecule has 0 aliphatic carbocycles. The van der Waals surface area contributed by atoms with Gasteiger partial charge in [-0.15, -0.1) is 5.10 Å². The molecule has 0 saturated carbocycles. The highest BCUT2D eigenvalue weighted by Gasteiger charge is 2.31. The van der Waals surface area contributed by atoms with Crippen molar-refractivity contribution in [2.24, 2.45) is 7.05 Å². The molecule has 0 radical (unpaired) electrons. The van der Waals surface area contributed by atoms with Crippen LogP contribution in [0.3, 0.4) is 0 Å². The molecule has 2 aromatic rings. The van der Waals surface area contributed by atoms with E-state index in [9.17, 15) is 0 Å². The number of anilines is 1. The zero-order valence-corrected chi connectivity index (χ0v) is 11.9. The number of aromatic nitrogens is 5. The topological polar surface area (TPSA) is 77.8 Å². The van der Waals surface area contributed by atoms with E-state index in [2.05, 4.69) is 25.6 Å². The first-order valence-electron chi connectivity index (χ1n) is 6.68. The standard InChI is InChI=1S/C13H18N6O/c1-8-9(2)17-18-13(15-8)16-11-4-5-20-12(11)10-6-14-19(3)7-10/h6-7,11-12H,4-5H2,1-3H3,(H,15,16,18)/t11-,12+/m1/s1. The second kappa shape index (κ2) is 5.16. The Morgan fingerprint density at radius 1 is 1.30 bits per heavy atom. The Morgan fingerprint density at radius 2 is 2.15 bits per heavy atom. The second-order valence-corrected chi connectivity index (χ2v) is 5.08. The number of rotatable bonds is 3. The summed E-state index contributed by atoms with van der Waals surface area (Å²) in [5.41, 5.74) is 2.81. The summed E-state index contributed by atoms with van der Waals surface area (Å²) in [6, 6.07) is 0.142. The van der Waals surface area contributed by atoms with Gasteiger partial charge in [-0.05, 0) is 20.3 Å². The van der Waals surface area contributed by atoms with Gasteiger partial charge in [-0.25, -0.2) is 4.98 Å². The lowest BCUT2D eigenvalue weighted by molar-refractivity contribution is 0.107. The molecule has 2 aromatic heterocycles. The van der Waals surface area contributed by atoms with E-state index in [1.54, 1.807) is 4.68 Å². The molecule has 0 amide bonds. The Hall–Kier alpha value is -2.02. The quantitative estimate of drug-likeness (QED) is 0.905. The summed E-state index contributed by atoms with van der Waals surface area (Å²) in [7, 11) is 1.90. The third-order valence-corrected chi connectivity index (χ3v) is 3.55. The van der Waals surface area contributed by atoms with Crippen molar-refractivity contribution in [3.8, 4) is 0 Å². The highest BCUT2D eigenvalue weighted by molar-refractivity contribution is 5.29. The monoisotopic (exact) mass is 274 g/mol. The maximum absolute atomic E-state index is 5.80. The first-order valence-corrected chi connectivity index (χ1v) is 6.68. The van der Waals surface area contributed by atoms with Crippen molar-refractivity contribution in [2.45, 2.75) is 32.4 Å². The number of nitrogens with one attached hydrogen (secondary N) is 1. The highest BCUT2D eigenvalue weighted by atomic mass is 16.5. The molecule has 0 aromatic carbocycles. The fraction of sp³-hybridized carbons (Fsp3) is 0.538. The van der Waals surface area contributed by atoms with Gasteiger partial charge in [0, 0.05) is 25.4 Å². The molecule has 1 fully saturated rings. The van der Waals surface area contributed by atoms with Gasteiger partial charge in [-0.2, -0.15) is 10.2 Å². The Morgan fingerprint density at radius 3 is 2.85 bits per heavy atom. The van der Waals surface area contributed by atoms with Gasteiger partial charge in [-0.3, -0.25) is 4.68 Å². The number of hydrogen-bond donors (Lipinski definition) is 1. The van der Waals surface area contributed by atoms with E-state index in [1.807, 2.05) is 33.3 Å². The van der Waals surface area contributed by atoms with Gasteiger partial charge in [0.25, 0.3) is 0 Å². The smallest absolute Gasteiger partial charge is 0.243 e. The lowest BCUT2D eigenvalue weighted by Gasteiger charge is -2.18. The van der Waals surface area contributed by atoms with Crippen LogP contribution in [0.1, 0.15) is 29.5 Å². The summed E-state index contributed by atoms with van der Waals surface area (Å²) in [5, 5.41) is 15.7. The molecule has 0 bridgehead atoms. The molecular formula is C13H18N6O. The summed E-state index contributed by atoms with van der Waals surface area (Å²) in [4.78, 5) is 4.41. The van der Waals surface area contributed by atoms with E-state index in [1.165, 1.54) is 0 Å². The summed E-state index contributed by atoms with van der Waals surface area (Å²) in [6.07, 6.45) is 4.71. The van der Waals surface area contributed by atoms with Crippen LogP contribution in [0.2, 0.25) is 0 Å². The first kappa shape index (κ1) is 13.0. The summed E-state index contributed by atoms with van der Waals surface area (Å²) < 4.78 is 7.58. The third kappa shape index (κ3) is 2.49. The Bertz CT molecular complexity index is 611. The number of aryl methyl sites for hydroxylation is 3. The van der Waals surface area contributed by atoms with Crippen molar-refractivity contribution >= 4 is 5.95 Å². The van der Waals surface area contributed by atoms with E-state index in [0.29, 0.717) is 5.95 Å². The molecule has 3 rings (SSSR count). The minimum Gasteiger partial charge on any atom is -0.371 e. The van der Waals surface area contributed by atoms with Crippen LogP contribution in [0.4, 0.5) is 5.95 Å². The lowest BCUT2D eigenvalue weighted by atomic mass is 10.1. The predicted molar refractivity (Wildman–Crippen MR) is 73.2 cm³/mol. The van der Waals surface area contributed by atoms with Gasteiger partial charge in [0.1, 0.15) is 6.10 Å². The van der Waals surface area contributed by atoms with Gasteiger partial charge < -0.3 is 10.1 Å². The van der Waals surface area contributed by atoms with Crippen LogP contribution < -0.4 is 5.32 Å². The number of hydrogen-bond acceptors (Lipinski definition) is 6. The maximum Gasteiger partial charge on any atom is 0.243 e. The molecule has 7 nitrogen and oxygen atoms in total. The fourth-order valence-corrected chi connectivity index (χ4v) is 2.34. The molecule has 2 atom stereocenters. The van der Waals surface area contributed by atoms with Crippen LogP contribution in [0.25, 0.3) is 0 Å². The van der Waals surface area contributed by atoms with Crippen LogP contribution >= 0.6 is 0 Å². The second-order valence-electron chi connectivity index (χ2n) is 5.08. The van der Waals surface area contributed by atoms with Gasteiger partial charge in [0.05, 0.1) is 23.6 Å². The number of nitrogens with zero attached hydrogens (tertiary/aromatic N) is 5. The van der Waals surface area contributed by atoms with Crippen molar-refractivity contribution in [1.82, 2.24) is 25.0 Å². The van der Waals surface area contributed by atoms with Crippen molar-refractivity contribution in [3.63, 3.8) is 0 Å². The minimum absolute atomic E-state index is 0.0195. The molecule has 106 valence electrons. The first-order chi connectivity index (χ1) is 9.63. The summed E-state index contributed by atoms with van der Waals surface area (Å²) in [5.74, 6) is 0.553.